The summed E-state index contributed by atoms with van der Waals surface area (Å²) >= 11 is 13.0. The number of ether oxygens (including phenoxy) is 1. The number of likely N-dealkylation sites (N-methyl/N-ethyl adjacent to an activating group) is 1. The van der Waals surface area contributed by atoms with E-state index in [1.807, 2.05) is 63.5 Å². The number of carboxylic acid groups (broad SMARTS) is 1. The van der Waals surface area contributed by atoms with Gasteiger partial charge in [-0.25, -0.2) is 9.48 Å². The number of aryl methyl sites for hydroxylation is 2. The molecule has 3 aromatic carbocycles. The minimum atomic E-state index is -0.896. The molecule has 0 saturated carbocycles. The van der Waals surface area contributed by atoms with Crippen LogP contribution in [-0.4, -0.2) is 34.4 Å². The summed E-state index contributed by atoms with van der Waals surface area (Å²) in [4.78, 5) is 13.8. The molecule has 39 heavy (non-hydrogen) atoms. The van der Waals surface area contributed by atoms with Crippen molar-refractivity contribution in [3.63, 3.8) is 0 Å². The van der Waals surface area contributed by atoms with Gasteiger partial charge in [0.25, 0.3) is 0 Å². The highest BCUT2D eigenvalue weighted by Gasteiger charge is 2.19. The average Bonchev–Trinajstić information content (AvgIpc) is 3.30. The molecule has 0 aliphatic carbocycles. The number of benzene rings is 3. The summed E-state index contributed by atoms with van der Waals surface area (Å²) < 4.78 is 8.02. The van der Waals surface area contributed by atoms with Crippen LogP contribution in [0.15, 0.2) is 60.8 Å². The molecule has 0 spiro atoms. The second-order valence-electron chi connectivity index (χ2n) is 10.1. The minimum Gasteiger partial charge on any atom is -0.487 e. The summed E-state index contributed by atoms with van der Waals surface area (Å²) in [6, 6.07) is 17.0. The fourth-order valence-corrected chi connectivity index (χ4v) is 5.27. The van der Waals surface area contributed by atoms with E-state index in [0.717, 1.165) is 39.4 Å². The number of rotatable bonds is 10. The predicted molar refractivity (Wildman–Crippen MR) is 158 cm³/mol. The van der Waals surface area contributed by atoms with Gasteiger partial charge in [0.2, 0.25) is 0 Å². The van der Waals surface area contributed by atoms with E-state index < -0.39 is 5.97 Å². The van der Waals surface area contributed by atoms with Gasteiger partial charge in [-0.05, 0) is 79.3 Å². The summed E-state index contributed by atoms with van der Waals surface area (Å²) in [6.07, 6.45) is 2.47. The van der Waals surface area contributed by atoms with Crippen molar-refractivity contribution in [3.8, 4) is 11.4 Å². The molecule has 4 aromatic rings. The number of aromatic nitrogens is 2. The van der Waals surface area contributed by atoms with E-state index in [2.05, 4.69) is 23.8 Å². The zero-order chi connectivity index (χ0) is 28.3. The lowest BCUT2D eigenvalue weighted by Gasteiger charge is -2.23. The summed E-state index contributed by atoms with van der Waals surface area (Å²) in [7, 11) is 2.01. The Morgan fingerprint density at radius 3 is 2.44 bits per heavy atom. The molecule has 0 aliphatic rings. The fourth-order valence-electron chi connectivity index (χ4n) is 4.71. The van der Waals surface area contributed by atoms with Crippen LogP contribution in [0, 0.1) is 13.8 Å². The highest BCUT2D eigenvalue weighted by Crippen LogP contribution is 2.32. The third kappa shape index (κ3) is 6.40. The van der Waals surface area contributed by atoms with E-state index in [0.29, 0.717) is 40.9 Å². The zero-order valence-corrected chi connectivity index (χ0v) is 24.3. The van der Waals surface area contributed by atoms with Gasteiger partial charge in [-0.15, -0.1) is 0 Å². The average molecular weight is 567 g/mol. The summed E-state index contributed by atoms with van der Waals surface area (Å²) in [5.41, 5.74) is 6.84. The molecule has 1 aromatic heterocycles. The van der Waals surface area contributed by atoms with Crippen molar-refractivity contribution < 1.29 is 14.6 Å². The lowest BCUT2D eigenvalue weighted by molar-refractivity contribution is 0.0695. The molecule has 0 fully saturated rings. The molecular formula is C31H33Cl2N3O3. The minimum absolute atomic E-state index is 0.242. The molecule has 1 N–H and O–H groups in total. The number of anilines is 1. The number of hydrogen-bond acceptors (Lipinski definition) is 4. The van der Waals surface area contributed by atoms with Gasteiger partial charge in [-0.2, -0.15) is 5.10 Å². The van der Waals surface area contributed by atoms with Crippen LogP contribution < -0.4 is 9.64 Å². The van der Waals surface area contributed by atoms with Crippen molar-refractivity contribution in [2.75, 3.05) is 18.5 Å². The van der Waals surface area contributed by atoms with Gasteiger partial charge < -0.3 is 14.7 Å². The maximum atomic E-state index is 11.7. The smallest absolute Gasteiger partial charge is 0.335 e. The Morgan fingerprint density at radius 2 is 1.79 bits per heavy atom. The van der Waals surface area contributed by atoms with E-state index in [1.54, 1.807) is 22.9 Å². The number of halogens is 2. The number of para-hydroxylation sites is 1. The van der Waals surface area contributed by atoms with E-state index in [4.69, 9.17) is 27.9 Å². The molecule has 8 heteroatoms. The molecule has 0 unspecified atom stereocenters. The van der Waals surface area contributed by atoms with Crippen LogP contribution in [0.25, 0.3) is 5.69 Å². The van der Waals surface area contributed by atoms with Gasteiger partial charge in [-0.3, -0.25) is 0 Å². The second kappa shape index (κ2) is 12.1. The van der Waals surface area contributed by atoms with Crippen LogP contribution >= 0.6 is 23.2 Å². The molecule has 0 atom stereocenters. The lowest BCUT2D eigenvalue weighted by Crippen LogP contribution is -2.22. The lowest BCUT2D eigenvalue weighted by atomic mass is 10.0. The fraction of sp³-hybridized carbons (Fsp3) is 0.290. The number of nitrogens with zero attached hydrogens (tertiary/aromatic N) is 3. The molecule has 204 valence electrons. The Hall–Kier alpha value is -3.48. The summed E-state index contributed by atoms with van der Waals surface area (Å²) in [6.45, 7) is 9.15. The first-order chi connectivity index (χ1) is 18.6. The van der Waals surface area contributed by atoms with Crippen LogP contribution in [0.2, 0.25) is 10.0 Å². The van der Waals surface area contributed by atoms with Crippen LogP contribution in [0.5, 0.6) is 5.75 Å². The van der Waals surface area contributed by atoms with Crippen LogP contribution in [0.1, 0.15) is 58.1 Å². The standard InChI is InChI=1S/C31H33Cl2N3O3/c1-19(2)25-17-34-36(30-26(32)7-6-8-27(30)33)29(25)18-39-23-11-12-28(21(4)16-23)35(5)14-13-22-10-9-20(3)15-24(22)31(37)38/h6-12,15-17,19H,13-14,18H2,1-5H3,(H,37,38). The molecule has 0 saturated heterocycles. The third-order valence-electron chi connectivity index (χ3n) is 6.84. The Labute approximate surface area is 239 Å². The van der Waals surface area contributed by atoms with Gasteiger partial charge in [-0.1, -0.05) is 60.8 Å². The first-order valence-corrected chi connectivity index (χ1v) is 13.6. The van der Waals surface area contributed by atoms with E-state index in [1.165, 1.54) is 0 Å². The number of carbonyl (C=O) groups is 1. The molecule has 6 nitrogen and oxygen atoms in total. The summed E-state index contributed by atoms with van der Waals surface area (Å²) in [5, 5.41) is 15.2. The van der Waals surface area contributed by atoms with E-state index in [-0.39, 0.29) is 5.92 Å². The summed E-state index contributed by atoms with van der Waals surface area (Å²) in [5.74, 6) is 0.0865. The molecule has 0 aliphatic heterocycles. The van der Waals surface area contributed by atoms with Gasteiger partial charge in [0.15, 0.2) is 0 Å². The molecule has 1 heterocycles. The largest absolute Gasteiger partial charge is 0.487 e. The first-order valence-electron chi connectivity index (χ1n) is 12.9. The Kier molecular flexibility index (Phi) is 8.88. The normalized spacial score (nSPS) is 11.2. The van der Waals surface area contributed by atoms with E-state index >= 15 is 0 Å². The van der Waals surface area contributed by atoms with Crippen molar-refractivity contribution in [2.45, 2.75) is 46.6 Å². The Morgan fingerprint density at radius 1 is 1.08 bits per heavy atom. The van der Waals surface area contributed by atoms with Gasteiger partial charge in [0.1, 0.15) is 18.0 Å². The highest BCUT2D eigenvalue weighted by molar-refractivity contribution is 6.37. The van der Waals surface area contributed by atoms with Crippen LogP contribution in [-0.2, 0) is 13.0 Å². The highest BCUT2D eigenvalue weighted by atomic mass is 35.5. The Balaban J connectivity index is 1.50. The maximum Gasteiger partial charge on any atom is 0.335 e. The van der Waals surface area contributed by atoms with Crippen molar-refractivity contribution in [3.05, 3.63) is 104 Å². The molecule has 4 rings (SSSR count). The van der Waals surface area contributed by atoms with Crippen molar-refractivity contribution in [1.29, 1.82) is 0 Å². The van der Waals surface area contributed by atoms with Crippen LogP contribution in [0.3, 0.4) is 0 Å². The number of hydrogen-bond donors (Lipinski definition) is 1. The molecule has 0 amide bonds. The van der Waals surface area contributed by atoms with Crippen molar-refractivity contribution in [1.82, 2.24) is 9.78 Å². The number of aromatic carboxylic acids is 1. The molecule has 0 radical (unpaired) electrons. The van der Waals surface area contributed by atoms with Crippen molar-refractivity contribution in [2.24, 2.45) is 0 Å². The van der Waals surface area contributed by atoms with Gasteiger partial charge in [0, 0.05) is 19.3 Å². The van der Waals surface area contributed by atoms with Gasteiger partial charge in [0.05, 0.1) is 27.5 Å². The quantitative estimate of drug-likeness (QED) is 0.212. The second-order valence-corrected chi connectivity index (χ2v) is 10.9. The SMILES string of the molecule is Cc1ccc(CCN(C)c2ccc(OCc3c(C(C)C)cnn3-c3c(Cl)cccc3Cl)cc2C)c(C(=O)O)c1. The molecule has 0 bridgehead atoms. The van der Waals surface area contributed by atoms with E-state index in [9.17, 15) is 9.90 Å². The monoisotopic (exact) mass is 565 g/mol. The predicted octanol–water partition coefficient (Wildman–Crippen LogP) is 7.88. The van der Waals surface area contributed by atoms with Crippen LogP contribution in [0.4, 0.5) is 5.69 Å². The van der Waals surface area contributed by atoms with Crippen molar-refractivity contribution >= 4 is 34.9 Å². The third-order valence-corrected chi connectivity index (χ3v) is 7.45. The number of carboxylic acids is 1. The maximum absolute atomic E-state index is 11.7. The topological polar surface area (TPSA) is 67.6 Å². The van der Waals surface area contributed by atoms with Gasteiger partial charge >= 0.3 is 5.97 Å². The zero-order valence-electron chi connectivity index (χ0n) is 22.8. The Bertz CT molecular complexity index is 1480. The molecular weight excluding hydrogens is 533 g/mol. The first kappa shape index (κ1) is 28.5.